The molecule has 0 aliphatic heterocycles. The number of aliphatic hydroxyl groups is 1. The molecule has 0 bridgehead atoms. The molecule has 0 fully saturated rings. The molecule has 0 saturated carbocycles. The lowest BCUT2D eigenvalue weighted by Gasteiger charge is -2.27. The standard InChI is InChI=1S/C16H25N3O3/c1-5-16(3,4)19-15(22)11(2)17-12-7-6-8-13(9-12)18-14(21)10-20/h6-9,11,17,20H,5,10H2,1-4H3,(H,18,21)(H,19,22)/t11-/m0/s1. The van der Waals surface area contributed by atoms with Crippen molar-refractivity contribution in [1.82, 2.24) is 5.32 Å². The fraction of sp³-hybridized carbons (Fsp3) is 0.500. The molecule has 22 heavy (non-hydrogen) atoms. The van der Waals surface area contributed by atoms with Crippen LogP contribution < -0.4 is 16.0 Å². The first-order valence-corrected chi connectivity index (χ1v) is 7.36. The first kappa shape index (κ1) is 18.0. The van der Waals surface area contributed by atoms with Gasteiger partial charge in [-0.1, -0.05) is 13.0 Å². The van der Waals surface area contributed by atoms with E-state index in [0.717, 1.165) is 6.42 Å². The summed E-state index contributed by atoms with van der Waals surface area (Å²) in [6.07, 6.45) is 0.841. The Labute approximate surface area is 131 Å². The van der Waals surface area contributed by atoms with Crippen molar-refractivity contribution in [2.24, 2.45) is 0 Å². The van der Waals surface area contributed by atoms with Crippen molar-refractivity contribution in [2.45, 2.75) is 45.7 Å². The molecular formula is C16H25N3O3. The summed E-state index contributed by atoms with van der Waals surface area (Å²) >= 11 is 0. The third-order valence-corrected chi connectivity index (χ3v) is 3.41. The van der Waals surface area contributed by atoms with Gasteiger partial charge in [0.2, 0.25) is 11.8 Å². The molecule has 0 spiro atoms. The van der Waals surface area contributed by atoms with Crippen molar-refractivity contribution < 1.29 is 14.7 Å². The van der Waals surface area contributed by atoms with E-state index in [0.29, 0.717) is 11.4 Å². The van der Waals surface area contributed by atoms with E-state index in [-0.39, 0.29) is 11.4 Å². The van der Waals surface area contributed by atoms with Crippen LogP contribution in [-0.2, 0) is 9.59 Å². The second-order valence-electron chi connectivity index (χ2n) is 5.88. The van der Waals surface area contributed by atoms with E-state index in [9.17, 15) is 9.59 Å². The summed E-state index contributed by atoms with van der Waals surface area (Å²) in [4.78, 5) is 23.3. The highest BCUT2D eigenvalue weighted by Crippen LogP contribution is 2.16. The lowest BCUT2D eigenvalue weighted by atomic mass is 10.0. The topological polar surface area (TPSA) is 90.5 Å². The van der Waals surface area contributed by atoms with Crippen molar-refractivity contribution in [3.63, 3.8) is 0 Å². The number of hydrogen-bond acceptors (Lipinski definition) is 4. The minimum Gasteiger partial charge on any atom is -0.387 e. The van der Waals surface area contributed by atoms with Gasteiger partial charge in [0.05, 0.1) is 0 Å². The lowest BCUT2D eigenvalue weighted by Crippen LogP contribution is -2.48. The van der Waals surface area contributed by atoms with Gasteiger partial charge >= 0.3 is 0 Å². The number of amides is 2. The van der Waals surface area contributed by atoms with Gasteiger partial charge in [0.25, 0.3) is 0 Å². The normalized spacial score (nSPS) is 12.4. The van der Waals surface area contributed by atoms with Gasteiger partial charge in [-0.15, -0.1) is 0 Å². The quantitative estimate of drug-likeness (QED) is 0.617. The molecular weight excluding hydrogens is 282 g/mol. The summed E-state index contributed by atoms with van der Waals surface area (Å²) in [6.45, 7) is 7.18. The Morgan fingerprint density at radius 1 is 1.27 bits per heavy atom. The van der Waals surface area contributed by atoms with Crippen molar-refractivity contribution in [2.75, 3.05) is 17.2 Å². The van der Waals surface area contributed by atoms with E-state index in [1.807, 2.05) is 26.8 Å². The fourth-order valence-corrected chi connectivity index (χ4v) is 1.73. The Morgan fingerprint density at radius 2 is 1.91 bits per heavy atom. The molecule has 0 radical (unpaired) electrons. The van der Waals surface area contributed by atoms with Crippen molar-refractivity contribution in [3.8, 4) is 0 Å². The zero-order chi connectivity index (χ0) is 16.8. The minimum atomic E-state index is -0.567. The highest BCUT2D eigenvalue weighted by Gasteiger charge is 2.21. The van der Waals surface area contributed by atoms with Gasteiger partial charge < -0.3 is 21.1 Å². The molecule has 1 rings (SSSR count). The van der Waals surface area contributed by atoms with Crippen LogP contribution >= 0.6 is 0 Å². The molecule has 6 nitrogen and oxygen atoms in total. The van der Waals surface area contributed by atoms with Crippen molar-refractivity contribution in [3.05, 3.63) is 24.3 Å². The first-order valence-electron chi connectivity index (χ1n) is 7.36. The number of nitrogens with one attached hydrogen (secondary N) is 3. The third kappa shape index (κ3) is 5.73. The van der Waals surface area contributed by atoms with Gasteiger partial charge in [0.15, 0.2) is 0 Å². The molecule has 1 aromatic rings. The smallest absolute Gasteiger partial charge is 0.250 e. The van der Waals surface area contributed by atoms with Gasteiger partial charge in [-0.25, -0.2) is 0 Å². The van der Waals surface area contributed by atoms with Gasteiger partial charge in [-0.3, -0.25) is 9.59 Å². The number of carbonyl (C=O) groups is 2. The molecule has 0 unspecified atom stereocenters. The number of hydrogen-bond donors (Lipinski definition) is 4. The molecule has 6 heteroatoms. The second kappa shape index (κ2) is 7.79. The van der Waals surface area contributed by atoms with Crippen LogP contribution in [0.1, 0.15) is 34.1 Å². The molecule has 0 aromatic heterocycles. The van der Waals surface area contributed by atoms with Crippen LogP contribution in [-0.4, -0.2) is 35.1 Å². The molecule has 4 N–H and O–H groups in total. The minimum absolute atomic E-state index is 0.0864. The summed E-state index contributed by atoms with van der Waals surface area (Å²) < 4.78 is 0. The van der Waals surface area contributed by atoms with E-state index in [1.54, 1.807) is 25.1 Å². The fourth-order valence-electron chi connectivity index (χ4n) is 1.73. The molecule has 1 aromatic carbocycles. The SMILES string of the molecule is CCC(C)(C)NC(=O)[C@H](C)Nc1cccc(NC(=O)CO)c1. The summed E-state index contributed by atoms with van der Waals surface area (Å²) in [7, 11) is 0. The average molecular weight is 307 g/mol. The van der Waals surface area contributed by atoms with Gasteiger partial charge in [-0.2, -0.15) is 0 Å². The largest absolute Gasteiger partial charge is 0.387 e. The number of anilines is 2. The molecule has 122 valence electrons. The maximum Gasteiger partial charge on any atom is 0.250 e. The maximum absolute atomic E-state index is 12.2. The zero-order valence-electron chi connectivity index (χ0n) is 13.6. The Balaban J connectivity index is 2.68. The molecule has 0 aliphatic rings. The Hall–Kier alpha value is -2.08. The number of carbonyl (C=O) groups excluding carboxylic acids is 2. The van der Waals surface area contributed by atoms with Crippen molar-refractivity contribution >= 4 is 23.2 Å². The van der Waals surface area contributed by atoms with Crippen LogP contribution in [0.3, 0.4) is 0 Å². The van der Waals surface area contributed by atoms with Crippen LogP contribution in [0.2, 0.25) is 0 Å². The third-order valence-electron chi connectivity index (χ3n) is 3.41. The Kier molecular flexibility index (Phi) is 6.37. The average Bonchev–Trinajstić information content (AvgIpc) is 2.47. The van der Waals surface area contributed by atoms with E-state index in [1.165, 1.54) is 0 Å². The lowest BCUT2D eigenvalue weighted by molar-refractivity contribution is -0.123. The predicted octanol–water partition coefficient (Wildman–Crippen LogP) is 1.72. The highest BCUT2D eigenvalue weighted by atomic mass is 16.3. The van der Waals surface area contributed by atoms with Gasteiger partial charge in [0.1, 0.15) is 12.6 Å². The van der Waals surface area contributed by atoms with E-state index in [2.05, 4.69) is 16.0 Å². The summed E-state index contributed by atoms with van der Waals surface area (Å²) in [5.41, 5.74) is 1.03. The van der Waals surface area contributed by atoms with E-state index < -0.39 is 18.6 Å². The zero-order valence-corrected chi connectivity index (χ0v) is 13.6. The van der Waals surface area contributed by atoms with Crippen LogP contribution in [0, 0.1) is 0 Å². The molecule has 0 saturated heterocycles. The van der Waals surface area contributed by atoms with Crippen LogP contribution in [0.5, 0.6) is 0 Å². The van der Waals surface area contributed by atoms with Gasteiger partial charge in [-0.05, 0) is 45.4 Å². The highest BCUT2D eigenvalue weighted by molar-refractivity contribution is 5.92. The first-order chi connectivity index (χ1) is 10.3. The second-order valence-corrected chi connectivity index (χ2v) is 5.88. The monoisotopic (exact) mass is 307 g/mol. The molecule has 0 aliphatic carbocycles. The Bertz CT molecular complexity index is 529. The number of aliphatic hydroxyl groups excluding tert-OH is 1. The Morgan fingerprint density at radius 3 is 2.50 bits per heavy atom. The molecule has 2 amide bonds. The summed E-state index contributed by atoms with van der Waals surface area (Å²) in [5, 5.41) is 17.4. The van der Waals surface area contributed by atoms with Crippen molar-refractivity contribution in [1.29, 1.82) is 0 Å². The summed E-state index contributed by atoms with van der Waals surface area (Å²) in [5.74, 6) is -0.565. The number of rotatable bonds is 7. The predicted molar refractivity (Wildman–Crippen MR) is 87.8 cm³/mol. The molecule has 1 atom stereocenters. The van der Waals surface area contributed by atoms with Crippen LogP contribution in [0.15, 0.2) is 24.3 Å². The van der Waals surface area contributed by atoms with Crippen LogP contribution in [0.4, 0.5) is 11.4 Å². The van der Waals surface area contributed by atoms with E-state index >= 15 is 0 Å². The molecule has 0 heterocycles. The van der Waals surface area contributed by atoms with E-state index in [4.69, 9.17) is 5.11 Å². The summed E-state index contributed by atoms with van der Waals surface area (Å²) in [6, 6.07) is 6.58. The number of benzene rings is 1. The van der Waals surface area contributed by atoms with Gasteiger partial charge in [0, 0.05) is 16.9 Å². The van der Waals surface area contributed by atoms with Crippen LogP contribution in [0.25, 0.3) is 0 Å². The maximum atomic E-state index is 12.2.